The van der Waals surface area contributed by atoms with Gasteiger partial charge in [-0.25, -0.2) is 0 Å². The smallest absolute Gasteiger partial charge is 0.196 e. The topological polar surface area (TPSA) is 131 Å². The maximum atomic E-state index is 13.5. The van der Waals surface area contributed by atoms with Gasteiger partial charge in [-0.15, -0.1) is 0 Å². The summed E-state index contributed by atoms with van der Waals surface area (Å²) in [5, 5.41) is 46.0. The highest BCUT2D eigenvalue weighted by molar-refractivity contribution is 9.10. The molecule has 236 valence electrons. The van der Waals surface area contributed by atoms with Crippen LogP contribution in [0, 0.1) is 13.8 Å². The first-order chi connectivity index (χ1) is 22.4. The van der Waals surface area contributed by atoms with Crippen molar-refractivity contribution in [3.05, 3.63) is 150 Å². The summed E-state index contributed by atoms with van der Waals surface area (Å²) >= 11 is 6.74. The molecule has 0 saturated heterocycles. The third-order valence-corrected chi connectivity index (χ3v) is 9.49. The molecule has 5 aromatic carbocycles. The molecule has 0 atom stereocenters. The number of para-hydroxylation sites is 1. The molecule has 5 N–H and O–H groups in total. The van der Waals surface area contributed by atoms with E-state index in [1.54, 1.807) is 62.4 Å². The lowest BCUT2D eigenvalue weighted by Gasteiger charge is -2.16. The van der Waals surface area contributed by atoms with Gasteiger partial charge in [-0.3, -0.25) is 9.59 Å². The van der Waals surface area contributed by atoms with Crippen LogP contribution in [-0.2, 0) is 12.8 Å². The number of hydrogen-bond acceptors (Lipinski definition) is 6. The number of phenolic OH excluding ortho intramolecular Hbond substituents is 4. The minimum atomic E-state index is -0.395. The molecule has 47 heavy (non-hydrogen) atoms. The number of fused-ring (bicyclic) bond motifs is 1. The average molecular weight is 755 g/mol. The third-order valence-electron chi connectivity index (χ3n) is 8.43. The second-order valence-corrected chi connectivity index (χ2v) is 13.3. The molecule has 9 heteroatoms. The first kappa shape index (κ1) is 32.1. The van der Waals surface area contributed by atoms with Crippen molar-refractivity contribution in [2.75, 3.05) is 0 Å². The number of aromatic nitrogens is 1. The highest BCUT2D eigenvalue weighted by Gasteiger charge is 2.26. The van der Waals surface area contributed by atoms with Gasteiger partial charge >= 0.3 is 0 Å². The number of H-pyrrole nitrogens is 1. The Kier molecular flexibility index (Phi) is 8.70. The molecule has 0 aliphatic heterocycles. The van der Waals surface area contributed by atoms with Crippen LogP contribution < -0.4 is 0 Å². The summed E-state index contributed by atoms with van der Waals surface area (Å²) in [6.45, 7) is 3.33. The highest BCUT2D eigenvalue weighted by atomic mass is 79.9. The number of rotatable bonds is 8. The van der Waals surface area contributed by atoms with Gasteiger partial charge in [0.15, 0.2) is 11.6 Å². The van der Waals surface area contributed by atoms with Gasteiger partial charge in [0.2, 0.25) is 0 Å². The number of ketones is 2. The van der Waals surface area contributed by atoms with E-state index >= 15 is 0 Å². The fourth-order valence-electron chi connectivity index (χ4n) is 5.89. The molecule has 0 amide bonds. The zero-order valence-corrected chi connectivity index (χ0v) is 28.5. The van der Waals surface area contributed by atoms with Crippen LogP contribution in [0.15, 0.2) is 93.9 Å². The summed E-state index contributed by atoms with van der Waals surface area (Å²) in [4.78, 5) is 30.3. The van der Waals surface area contributed by atoms with Crippen molar-refractivity contribution in [2.45, 2.75) is 26.7 Å². The van der Waals surface area contributed by atoms with Gasteiger partial charge in [0.05, 0.1) is 11.1 Å². The Morgan fingerprint density at radius 2 is 1.04 bits per heavy atom. The van der Waals surface area contributed by atoms with Gasteiger partial charge in [-0.05, 0) is 97.3 Å². The Morgan fingerprint density at radius 1 is 0.596 bits per heavy atom. The van der Waals surface area contributed by atoms with Gasteiger partial charge in [0, 0.05) is 60.6 Å². The maximum Gasteiger partial charge on any atom is 0.196 e. The third kappa shape index (κ3) is 6.04. The second-order valence-electron chi connectivity index (χ2n) is 11.5. The van der Waals surface area contributed by atoms with Crippen LogP contribution in [0.5, 0.6) is 23.0 Å². The Labute approximate surface area is 287 Å². The minimum Gasteiger partial charge on any atom is -0.507 e. The lowest BCUT2D eigenvalue weighted by molar-refractivity contribution is 0.102. The Morgan fingerprint density at radius 3 is 1.53 bits per heavy atom. The van der Waals surface area contributed by atoms with E-state index in [2.05, 4.69) is 36.8 Å². The Balaban J connectivity index is 1.45. The van der Waals surface area contributed by atoms with Crippen molar-refractivity contribution in [1.29, 1.82) is 0 Å². The van der Waals surface area contributed by atoms with Crippen LogP contribution in [-0.4, -0.2) is 37.0 Å². The summed E-state index contributed by atoms with van der Waals surface area (Å²) in [6, 6.07) is 24.0. The number of phenols is 4. The zero-order chi connectivity index (χ0) is 33.6. The predicted molar refractivity (Wildman–Crippen MR) is 188 cm³/mol. The molecule has 0 unspecified atom stereocenters. The summed E-state index contributed by atoms with van der Waals surface area (Å²) in [7, 11) is 0. The molecular formula is C38H29Br2NO6. The van der Waals surface area contributed by atoms with Crippen LogP contribution in [0.3, 0.4) is 0 Å². The number of carbonyl (C=O) groups excluding carboxylic acids is 2. The minimum absolute atomic E-state index is 0.00198. The average Bonchev–Trinajstić information content (AvgIpc) is 3.41. The number of aromatic hydroxyl groups is 4. The number of aryl methyl sites for hydroxylation is 2. The lowest BCUT2D eigenvalue weighted by atomic mass is 9.90. The van der Waals surface area contributed by atoms with Crippen molar-refractivity contribution in [2.24, 2.45) is 0 Å². The van der Waals surface area contributed by atoms with Crippen LogP contribution in [0.2, 0.25) is 0 Å². The summed E-state index contributed by atoms with van der Waals surface area (Å²) in [5.41, 5.74) is 4.06. The van der Waals surface area contributed by atoms with Crippen LogP contribution in [0.4, 0.5) is 0 Å². The largest absolute Gasteiger partial charge is 0.507 e. The molecule has 0 fully saturated rings. The van der Waals surface area contributed by atoms with Crippen molar-refractivity contribution in [3.8, 4) is 23.0 Å². The molecule has 0 bridgehead atoms. The van der Waals surface area contributed by atoms with E-state index in [4.69, 9.17) is 0 Å². The molecule has 1 heterocycles. The van der Waals surface area contributed by atoms with E-state index < -0.39 is 11.6 Å². The molecule has 0 saturated carbocycles. The van der Waals surface area contributed by atoms with Gasteiger partial charge in [0.1, 0.15) is 23.0 Å². The van der Waals surface area contributed by atoms with E-state index in [0.29, 0.717) is 33.5 Å². The van der Waals surface area contributed by atoms with E-state index in [1.807, 2.05) is 24.3 Å². The van der Waals surface area contributed by atoms with Crippen molar-refractivity contribution in [1.82, 2.24) is 4.98 Å². The highest BCUT2D eigenvalue weighted by Crippen LogP contribution is 2.41. The first-order valence-electron chi connectivity index (χ1n) is 14.7. The van der Waals surface area contributed by atoms with Crippen LogP contribution in [0.1, 0.15) is 65.4 Å². The number of hydrogen-bond donors (Lipinski definition) is 5. The Hall–Kier alpha value is -4.86. The monoisotopic (exact) mass is 753 g/mol. The van der Waals surface area contributed by atoms with Gasteiger partial charge in [0.25, 0.3) is 0 Å². The number of nitrogens with one attached hydrogen (secondary N) is 1. The zero-order valence-electron chi connectivity index (χ0n) is 25.4. The van der Waals surface area contributed by atoms with Gasteiger partial charge < -0.3 is 25.4 Å². The van der Waals surface area contributed by atoms with Crippen LogP contribution >= 0.6 is 31.9 Å². The molecule has 1 aromatic heterocycles. The van der Waals surface area contributed by atoms with E-state index in [1.165, 1.54) is 12.1 Å². The molecule has 0 aliphatic carbocycles. The quantitative estimate of drug-likeness (QED) is 0.0988. The summed E-state index contributed by atoms with van der Waals surface area (Å²) in [6.07, 6.45) is 0.0271. The lowest BCUT2D eigenvalue weighted by Crippen LogP contribution is -2.06. The van der Waals surface area contributed by atoms with E-state index in [9.17, 15) is 30.0 Å². The molecule has 0 spiro atoms. The van der Waals surface area contributed by atoms with E-state index in [0.717, 1.165) is 19.8 Å². The normalized spacial score (nSPS) is 11.2. The molecule has 7 nitrogen and oxygen atoms in total. The van der Waals surface area contributed by atoms with Gasteiger partial charge in [-0.2, -0.15) is 0 Å². The number of benzene rings is 5. The van der Waals surface area contributed by atoms with Crippen molar-refractivity contribution >= 4 is 54.3 Å². The fourth-order valence-corrected chi connectivity index (χ4v) is 6.42. The second kappa shape index (κ2) is 12.7. The number of carbonyl (C=O) groups is 2. The predicted octanol–water partition coefficient (Wildman–Crippen LogP) is 8.78. The van der Waals surface area contributed by atoms with Crippen LogP contribution in [0.25, 0.3) is 10.9 Å². The molecule has 6 aromatic rings. The maximum absolute atomic E-state index is 13.5. The molecule has 0 radical (unpaired) electrons. The molecule has 6 rings (SSSR count). The summed E-state index contributed by atoms with van der Waals surface area (Å²) in [5.74, 6) is -1.75. The molecule has 0 aliphatic rings. The molecular weight excluding hydrogens is 726 g/mol. The first-order valence-corrected chi connectivity index (χ1v) is 16.3. The fraction of sp³-hybridized carbons (Fsp3) is 0.105. The van der Waals surface area contributed by atoms with Crippen molar-refractivity contribution < 1.29 is 30.0 Å². The Bertz CT molecular complexity index is 2200. The van der Waals surface area contributed by atoms with E-state index in [-0.39, 0.29) is 58.1 Å². The number of halogens is 2. The standard InChI is InChI=1S/C38H29Br2NO6/c1-19-15-27(35(44)21-7-11-23(39)12-8-21)37(46)29(33(19)42)17-26-25-5-3-4-6-31(25)41-32(26)18-30-34(43)20(2)16-28(38(30)47)36(45)22-9-13-24(40)14-10-22/h3-16,41-43,46-47H,17-18H2,1-2H3. The number of aromatic amines is 1. The van der Waals surface area contributed by atoms with Crippen molar-refractivity contribution in [3.63, 3.8) is 0 Å². The SMILES string of the molecule is Cc1cc(C(=O)c2ccc(Br)cc2)c(O)c(Cc2[nH]c3ccccc3c2Cc2c(O)c(C)cc(C(=O)c3ccc(Br)cc3)c2O)c1O. The van der Waals surface area contributed by atoms with Gasteiger partial charge in [-0.1, -0.05) is 50.1 Å². The summed E-state index contributed by atoms with van der Waals surface area (Å²) < 4.78 is 1.62.